The molecule has 0 spiro atoms. The second-order valence-electron chi connectivity index (χ2n) is 3.79. The zero-order valence-corrected chi connectivity index (χ0v) is 12.2. The van der Waals surface area contributed by atoms with Crippen molar-refractivity contribution >= 4 is 45.9 Å². The molecule has 0 saturated heterocycles. The van der Waals surface area contributed by atoms with E-state index >= 15 is 0 Å². The quantitative estimate of drug-likeness (QED) is 0.832. The van der Waals surface area contributed by atoms with Gasteiger partial charge < -0.3 is 11.1 Å². The number of benzene rings is 1. The zero-order chi connectivity index (χ0) is 13.1. The molecule has 2 aromatic rings. The van der Waals surface area contributed by atoms with Crippen molar-refractivity contribution in [2.24, 2.45) is 0 Å². The maximum absolute atomic E-state index is 6.09. The maximum atomic E-state index is 6.09. The smallest absolute Gasteiger partial charge is 0.112 e. The number of nitrogens with one attached hydrogen (secondary N) is 1. The molecule has 1 heterocycles. The van der Waals surface area contributed by atoms with Gasteiger partial charge in [0.1, 0.15) is 5.01 Å². The van der Waals surface area contributed by atoms with Crippen LogP contribution in [0.15, 0.2) is 18.3 Å². The monoisotopic (exact) mass is 301 g/mol. The predicted molar refractivity (Wildman–Crippen MR) is 79.7 cm³/mol. The number of nitrogens with zero attached hydrogens (tertiary/aromatic N) is 1. The highest BCUT2D eigenvalue weighted by Crippen LogP contribution is 2.33. The zero-order valence-electron chi connectivity index (χ0n) is 9.84. The molecular weight excluding hydrogens is 289 g/mol. The molecule has 6 heteroatoms. The molecule has 0 aliphatic rings. The van der Waals surface area contributed by atoms with Crippen molar-refractivity contribution in [1.29, 1.82) is 0 Å². The first-order valence-corrected chi connectivity index (χ1v) is 7.09. The van der Waals surface area contributed by atoms with Crippen molar-refractivity contribution in [3.8, 4) is 0 Å². The summed E-state index contributed by atoms with van der Waals surface area (Å²) in [6, 6.07) is 3.35. The average molecular weight is 302 g/mol. The third-order valence-electron chi connectivity index (χ3n) is 2.43. The second-order valence-corrected chi connectivity index (χ2v) is 5.80. The third-order valence-corrected chi connectivity index (χ3v) is 4.17. The van der Waals surface area contributed by atoms with Crippen LogP contribution in [0.3, 0.4) is 0 Å². The van der Waals surface area contributed by atoms with Gasteiger partial charge in [-0.15, -0.1) is 11.3 Å². The van der Waals surface area contributed by atoms with Gasteiger partial charge in [-0.1, -0.05) is 30.1 Å². The number of nitrogen functional groups attached to an aromatic ring is 1. The van der Waals surface area contributed by atoms with Gasteiger partial charge in [0.25, 0.3) is 0 Å². The molecule has 0 atom stereocenters. The molecule has 1 aromatic heterocycles. The summed E-state index contributed by atoms with van der Waals surface area (Å²) in [6.07, 6.45) is 2.90. The first kappa shape index (κ1) is 13.5. The summed E-state index contributed by atoms with van der Waals surface area (Å²) in [4.78, 5) is 5.59. The van der Waals surface area contributed by atoms with E-state index in [0.717, 1.165) is 11.4 Å². The molecule has 1 aromatic carbocycles. The summed E-state index contributed by atoms with van der Waals surface area (Å²) < 4.78 is 0. The molecule has 0 saturated carbocycles. The number of hydrogen-bond donors (Lipinski definition) is 2. The lowest BCUT2D eigenvalue weighted by Crippen LogP contribution is -2.00. The first-order chi connectivity index (χ1) is 8.60. The van der Waals surface area contributed by atoms with Crippen LogP contribution in [0.25, 0.3) is 0 Å². The van der Waals surface area contributed by atoms with E-state index in [1.165, 1.54) is 4.88 Å². The number of anilines is 2. The van der Waals surface area contributed by atoms with Crippen molar-refractivity contribution in [3.05, 3.63) is 38.3 Å². The van der Waals surface area contributed by atoms with E-state index in [-0.39, 0.29) is 0 Å². The first-order valence-electron chi connectivity index (χ1n) is 5.52. The summed E-state index contributed by atoms with van der Waals surface area (Å²) in [5.74, 6) is 0. The van der Waals surface area contributed by atoms with Crippen molar-refractivity contribution in [1.82, 2.24) is 4.98 Å². The largest absolute Gasteiger partial charge is 0.399 e. The van der Waals surface area contributed by atoms with Gasteiger partial charge in [-0.25, -0.2) is 4.98 Å². The van der Waals surface area contributed by atoms with Gasteiger partial charge in [0.15, 0.2) is 0 Å². The van der Waals surface area contributed by atoms with Crippen molar-refractivity contribution in [2.45, 2.75) is 19.9 Å². The minimum atomic E-state index is 0.521. The van der Waals surface area contributed by atoms with Gasteiger partial charge >= 0.3 is 0 Å². The molecule has 0 amide bonds. The maximum Gasteiger partial charge on any atom is 0.112 e. The minimum absolute atomic E-state index is 0.521. The van der Waals surface area contributed by atoms with Crippen LogP contribution < -0.4 is 11.1 Å². The molecule has 0 unspecified atom stereocenters. The van der Waals surface area contributed by atoms with E-state index in [1.807, 2.05) is 6.20 Å². The number of thiazole rings is 1. The van der Waals surface area contributed by atoms with Gasteiger partial charge in [-0.05, 0) is 18.6 Å². The van der Waals surface area contributed by atoms with E-state index < -0.39 is 0 Å². The fourth-order valence-corrected chi connectivity index (χ4v) is 2.96. The lowest BCUT2D eigenvalue weighted by atomic mass is 10.3. The Kier molecular flexibility index (Phi) is 4.32. The number of rotatable bonds is 4. The fraction of sp³-hybridized carbons (Fsp3) is 0.250. The molecule has 0 radical (unpaired) electrons. The Morgan fingerprint density at radius 1 is 1.33 bits per heavy atom. The molecular formula is C12H13Cl2N3S. The molecule has 0 aliphatic carbocycles. The standard InChI is InChI=1S/C12H13Cl2N3S/c1-2-8-5-16-11(18-8)6-17-12-9(13)3-7(15)4-10(12)14/h3-5,17H,2,6,15H2,1H3. The molecule has 0 aliphatic heterocycles. The SMILES string of the molecule is CCc1cnc(CNc2c(Cl)cc(N)cc2Cl)s1. The predicted octanol–water partition coefficient (Wildman–Crippen LogP) is 4.21. The van der Waals surface area contributed by atoms with Crippen LogP contribution >= 0.6 is 34.5 Å². The molecule has 2 rings (SSSR count). The topological polar surface area (TPSA) is 50.9 Å². The average Bonchev–Trinajstić information content (AvgIpc) is 2.75. The van der Waals surface area contributed by atoms with Crippen LogP contribution in [0.5, 0.6) is 0 Å². The number of nitrogens with two attached hydrogens (primary N) is 1. The summed E-state index contributed by atoms with van der Waals surface area (Å²) in [5, 5.41) is 5.24. The van der Waals surface area contributed by atoms with E-state index in [1.54, 1.807) is 23.5 Å². The number of hydrogen-bond acceptors (Lipinski definition) is 4. The summed E-state index contributed by atoms with van der Waals surface area (Å²) >= 11 is 13.9. The van der Waals surface area contributed by atoms with Gasteiger partial charge in [-0.2, -0.15) is 0 Å². The minimum Gasteiger partial charge on any atom is -0.399 e. The van der Waals surface area contributed by atoms with Gasteiger partial charge in [0, 0.05) is 16.8 Å². The van der Waals surface area contributed by atoms with Gasteiger partial charge in [0.2, 0.25) is 0 Å². The Balaban J connectivity index is 2.10. The van der Waals surface area contributed by atoms with Crippen LogP contribution in [0, 0.1) is 0 Å². The third kappa shape index (κ3) is 3.07. The van der Waals surface area contributed by atoms with Crippen LogP contribution in [-0.2, 0) is 13.0 Å². The van der Waals surface area contributed by atoms with Gasteiger partial charge in [-0.3, -0.25) is 0 Å². The summed E-state index contributed by atoms with van der Waals surface area (Å²) in [5.41, 5.74) is 6.90. The summed E-state index contributed by atoms with van der Waals surface area (Å²) in [7, 11) is 0. The summed E-state index contributed by atoms with van der Waals surface area (Å²) in [6.45, 7) is 2.71. The Hall–Kier alpha value is -0.970. The highest BCUT2D eigenvalue weighted by atomic mass is 35.5. The van der Waals surface area contributed by atoms with E-state index in [4.69, 9.17) is 28.9 Å². The van der Waals surface area contributed by atoms with Gasteiger partial charge in [0.05, 0.1) is 22.3 Å². The molecule has 0 fully saturated rings. The van der Waals surface area contributed by atoms with Crippen LogP contribution in [0.4, 0.5) is 11.4 Å². The molecule has 96 valence electrons. The van der Waals surface area contributed by atoms with Crippen molar-refractivity contribution in [2.75, 3.05) is 11.1 Å². The molecule has 0 bridgehead atoms. The fourth-order valence-electron chi connectivity index (χ4n) is 1.52. The lowest BCUT2D eigenvalue weighted by molar-refractivity contribution is 1.09. The van der Waals surface area contributed by atoms with Crippen molar-refractivity contribution < 1.29 is 0 Å². The van der Waals surface area contributed by atoms with Crippen LogP contribution in [0.1, 0.15) is 16.8 Å². The Labute approximate surface area is 120 Å². The Bertz CT molecular complexity index is 531. The number of aryl methyl sites for hydroxylation is 1. The lowest BCUT2D eigenvalue weighted by Gasteiger charge is -2.09. The Morgan fingerprint density at radius 3 is 2.56 bits per heavy atom. The normalized spacial score (nSPS) is 10.6. The van der Waals surface area contributed by atoms with Crippen molar-refractivity contribution in [3.63, 3.8) is 0 Å². The molecule has 18 heavy (non-hydrogen) atoms. The highest BCUT2D eigenvalue weighted by Gasteiger charge is 2.08. The number of aromatic nitrogens is 1. The number of halogens is 2. The van der Waals surface area contributed by atoms with Crippen LogP contribution in [0.2, 0.25) is 10.0 Å². The highest BCUT2D eigenvalue weighted by molar-refractivity contribution is 7.11. The van der Waals surface area contributed by atoms with E-state index in [2.05, 4.69) is 17.2 Å². The molecule has 3 nitrogen and oxygen atoms in total. The molecule has 3 N–H and O–H groups in total. The van der Waals surface area contributed by atoms with E-state index in [0.29, 0.717) is 28.0 Å². The Morgan fingerprint density at radius 2 is 2.00 bits per heavy atom. The van der Waals surface area contributed by atoms with Crippen LogP contribution in [-0.4, -0.2) is 4.98 Å². The van der Waals surface area contributed by atoms with E-state index in [9.17, 15) is 0 Å². The second kappa shape index (κ2) is 5.78.